The summed E-state index contributed by atoms with van der Waals surface area (Å²) in [6.45, 7) is 2.15. The Labute approximate surface area is 173 Å². The van der Waals surface area contributed by atoms with Crippen LogP contribution in [0.1, 0.15) is 28.3 Å². The van der Waals surface area contributed by atoms with Crippen molar-refractivity contribution in [3.63, 3.8) is 0 Å². The standard InChI is InChI=1S/C23H18ClN3O2/c1-14-11-19-21(23(28)27(14)13-16-9-5-6-10-18(16)24)20(15-7-3-2-4-8-15)17(12-25)22(26)29-19/h2-11,20H,13,26H2,1H3. The molecular formula is C23H18ClN3O2. The maximum absolute atomic E-state index is 13.6. The lowest BCUT2D eigenvalue weighted by Crippen LogP contribution is -2.33. The molecule has 1 aromatic heterocycles. The molecule has 2 N–H and O–H groups in total. The molecule has 1 aliphatic rings. The van der Waals surface area contributed by atoms with Gasteiger partial charge in [-0.15, -0.1) is 0 Å². The van der Waals surface area contributed by atoms with Gasteiger partial charge < -0.3 is 15.0 Å². The average Bonchev–Trinajstić information content (AvgIpc) is 2.72. The van der Waals surface area contributed by atoms with E-state index in [1.165, 1.54) is 0 Å². The molecule has 0 amide bonds. The molecule has 3 aromatic rings. The number of hydrogen-bond donors (Lipinski definition) is 1. The zero-order valence-corrected chi connectivity index (χ0v) is 16.5. The fourth-order valence-corrected chi connectivity index (χ4v) is 3.85. The lowest BCUT2D eigenvalue weighted by molar-refractivity contribution is 0.389. The van der Waals surface area contributed by atoms with E-state index < -0.39 is 5.92 Å². The van der Waals surface area contributed by atoms with E-state index in [1.54, 1.807) is 16.7 Å². The number of allylic oxidation sites excluding steroid dienone is 1. The fraction of sp³-hybridized carbons (Fsp3) is 0.130. The van der Waals surface area contributed by atoms with Gasteiger partial charge in [-0.3, -0.25) is 4.79 Å². The Morgan fingerprint density at radius 3 is 2.55 bits per heavy atom. The number of nitriles is 1. The van der Waals surface area contributed by atoms with Gasteiger partial charge in [0.2, 0.25) is 5.88 Å². The van der Waals surface area contributed by atoms with Gasteiger partial charge in [-0.25, -0.2) is 0 Å². The second-order valence-electron chi connectivity index (χ2n) is 6.88. The number of rotatable bonds is 3. The van der Waals surface area contributed by atoms with Gasteiger partial charge in [-0.1, -0.05) is 60.1 Å². The Morgan fingerprint density at radius 2 is 1.86 bits per heavy atom. The smallest absolute Gasteiger partial charge is 0.259 e. The minimum absolute atomic E-state index is 0.0245. The van der Waals surface area contributed by atoms with Gasteiger partial charge in [-0.2, -0.15) is 5.26 Å². The van der Waals surface area contributed by atoms with E-state index in [4.69, 9.17) is 22.1 Å². The van der Waals surface area contributed by atoms with Crippen LogP contribution in [0, 0.1) is 18.3 Å². The van der Waals surface area contributed by atoms with Gasteiger partial charge in [0.15, 0.2) is 0 Å². The van der Waals surface area contributed by atoms with Crippen LogP contribution in [-0.4, -0.2) is 4.57 Å². The predicted molar refractivity (Wildman–Crippen MR) is 112 cm³/mol. The van der Waals surface area contributed by atoms with Crippen LogP contribution in [0.15, 0.2) is 76.9 Å². The molecule has 0 fully saturated rings. The molecule has 0 radical (unpaired) electrons. The number of nitrogens with two attached hydrogens (primary N) is 1. The van der Waals surface area contributed by atoms with Crippen LogP contribution in [0.25, 0.3) is 0 Å². The minimum atomic E-state index is -0.587. The predicted octanol–water partition coefficient (Wildman–Crippen LogP) is 4.08. The van der Waals surface area contributed by atoms with Crippen molar-refractivity contribution < 1.29 is 4.74 Å². The van der Waals surface area contributed by atoms with Crippen LogP contribution < -0.4 is 16.0 Å². The molecule has 1 unspecified atom stereocenters. The van der Waals surface area contributed by atoms with E-state index in [1.807, 2.05) is 55.5 Å². The first kappa shape index (κ1) is 18.9. The summed E-state index contributed by atoms with van der Waals surface area (Å²) >= 11 is 6.30. The molecule has 144 valence electrons. The SMILES string of the molecule is Cc1cc2c(c(=O)n1Cc1ccccc1Cl)C(c1ccccc1)C(C#N)=C(N)O2. The summed E-state index contributed by atoms with van der Waals surface area (Å²) in [6, 6.07) is 20.7. The first-order chi connectivity index (χ1) is 14.0. The van der Waals surface area contributed by atoms with Crippen molar-refractivity contribution in [3.05, 3.63) is 110 Å². The lowest BCUT2D eigenvalue weighted by atomic mass is 9.84. The summed E-state index contributed by atoms with van der Waals surface area (Å²) in [5.74, 6) is -0.180. The van der Waals surface area contributed by atoms with E-state index in [2.05, 4.69) is 6.07 Å². The Hall–Kier alpha value is -3.49. The van der Waals surface area contributed by atoms with Crippen molar-refractivity contribution in [2.75, 3.05) is 0 Å². The molecule has 2 aromatic carbocycles. The molecule has 0 saturated carbocycles. The van der Waals surface area contributed by atoms with Crippen molar-refractivity contribution in [1.82, 2.24) is 4.57 Å². The van der Waals surface area contributed by atoms with Crippen LogP contribution in [0.3, 0.4) is 0 Å². The van der Waals surface area contributed by atoms with Crippen LogP contribution >= 0.6 is 11.6 Å². The van der Waals surface area contributed by atoms with Crippen molar-refractivity contribution in [2.24, 2.45) is 5.73 Å². The van der Waals surface area contributed by atoms with E-state index in [-0.39, 0.29) is 17.0 Å². The maximum atomic E-state index is 13.6. The third kappa shape index (κ3) is 3.28. The topological polar surface area (TPSA) is 81.0 Å². The average molecular weight is 404 g/mol. The molecule has 0 spiro atoms. The van der Waals surface area contributed by atoms with Gasteiger partial charge in [0.1, 0.15) is 17.4 Å². The number of nitrogens with zero attached hydrogens (tertiary/aromatic N) is 2. The number of ether oxygens (including phenoxy) is 1. The summed E-state index contributed by atoms with van der Waals surface area (Å²) in [5.41, 5.74) is 8.79. The highest BCUT2D eigenvalue weighted by Crippen LogP contribution is 2.40. The van der Waals surface area contributed by atoms with E-state index in [0.29, 0.717) is 28.6 Å². The molecule has 1 aliphatic heterocycles. The molecule has 2 heterocycles. The van der Waals surface area contributed by atoms with Crippen molar-refractivity contribution in [1.29, 1.82) is 5.26 Å². The van der Waals surface area contributed by atoms with Crippen LogP contribution in [-0.2, 0) is 6.54 Å². The largest absolute Gasteiger partial charge is 0.440 e. The number of pyridine rings is 1. The summed E-state index contributed by atoms with van der Waals surface area (Å²) in [6.07, 6.45) is 0. The van der Waals surface area contributed by atoms with E-state index >= 15 is 0 Å². The van der Waals surface area contributed by atoms with Gasteiger partial charge >= 0.3 is 0 Å². The molecule has 1 atom stereocenters. The third-order valence-electron chi connectivity index (χ3n) is 5.11. The highest BCUT2D eigenvalue weighted by atomic mass is 35.5. The number of halogens is 1. The highest BCUT2D eigenvalue weighted by Gasteiger charge is 2.34. The first-order valence-electron chi connectivity index (χ1n) is 9.11. The summed E-state index contributed by atoms with van der Waals surface area (Å²) in [5, 5.41) is 10.3. The number of hydrogen-bond acceptors (Lipinski definition) is 4. The number of aryl methyl sites for hydroxylation is 1. The van der Waals surface area contributed by atoms with Gasteiger partial charge in [-0.05, 0) is 24.1 Å². The molecular weight excluding hydrogens is 386 g/mol. The van der Waals surface area contributed by atoms with Crippen molar-refractivity contribution >= 4 is 11.6 Å². The molecule has 29 heavy (non-hydrogen) atoms. The molecule has 0 bridgehead atoms. The Morgan fingerprint density at radius 1 is 1.17 bits per heavy atom. The van der Waals surface area contributed by atoms with Crippen molar-refractivity contribution in [3.8, 4) is 11.8 Å². The Kier molecular flexibility index (Phi) is 4.87. The van der Waals surface area contributed by atoms with Crippen LogP contribution in [0.2, 0.25) is 5.02 Å². The number of fused-ring (bicyclic) bond motifs is 1. The van der Waals surface area contributed by atoms with Gasteiger partial charge in [0.25, 0.3) is 5.56 Å². The lowest BCUT2D eigenvalue weighted by Gasteiger charge is -2.27. The molecule has 6 heteroatoms. The molecule has 0 saturated heterocycles. The maximum Gasteiger partial charge on any atom is 0.259 e. The summed E-state index contributed by atoms with van der Waals surface area (Å²) < 4.78 is 7.32. The zero-order chi connectivity index (χ0) is 20.5. The fourth-order valence-electron chi connectivity index (χ4n) is 3.66. The third-order valence-corrected chi connectivity index (χ3v) is 5.48. The summed E-state index contributed by atoms with van der Waals surface area (Å²) in [7, 11) is 0. The molecule has 5 nitrogen and oxygen atoms in total. The number of aromatic nitrogens is 1. The minimum Gasteiger partial charge on any atom is -0.440 e. The monoisotopic (exact) mass is 403 g/mol. The first-order valence-corrected chi connectivity index (χ1v) is 9.49. The Balaban J connectivity index is 1.93. The van der Waals surface area contributed by atoms with Gasteiger partial charge in [0.05, 0.1) is 18.0 Å². The number of benzene rings is 2. The highest BCUT2D eigenvalue weighted by molar-refractivity contribution is 6.31. The second-order valence-corrected chi connectivity index (χ2v) is 7.29. The molecule has 0 aliphatic carbocycles. The van der Waals surface area contributed by atoms with E-state index in [0.717, 1.165) is 11.1 Å². The van der Waals surface area contributed by atoms with E-state index in [9.17, 15) is 10.1 Å². The zero-order valence-electron chi connectivity index (χ0n) is 15.7. The summed E-state index contributed by atoms with van der Waals surface area (Å²) in [4.78, 5) is 13.6. The molecule has 4 rings (SSSR count). The Bertz CT molecular complexity index is 1220. The van der Waals surface area contributed by atoms with Crippen molar-refractivity contribution in [2.45, 2.75) is 19.4 Å². The van der Waals surface area contributed by atoms with Crippen LogP contribution in [0.4, 0.5) is 0 Å². The van der Waals surface area contributed by atoms with Crippen LogP contribution in [0.5, 0.6) is 5.75 Å². The van der Waals surface area contributed by atoms with Gasteiger partial charge in [0, 0.05) is 16.8 Å². The normalized spacial score (nSPS) is 15.4. The second kappa shape index (κ2) is 7.50. The quantitative estimate of drug-likeness (QED) is 0.714.